The number of fused-ring (bicyclic) bond motifs is 2. The summed E-state index contributed by atoms with van der Waals surface area (Å²) in [6, 6.07) is 21.1. The lowest BCUT2D eigenvalue weighted by Gasteiger charge is -2.48. The molecule has 2 fully saturated rings. The van der Waals surface area contributed by atoms with Gasteiger partial charge in [-0.2, -0.15) is 0 Å². The number of likely N-dealkylation sites (tertiary alicyclic amines) is 2. The van der Waals surface area contributed by atoms with Gasteiger partial charge < -0.3 is 18.9 Å². The van der Waals surface area contributed by atoms with E-state index in [0.29, 0.717) is 66.7 Å². The number of carbonyl (C=O) groups is 4. The van der Waals surface area contributed by atoms with E-state index in [0.717, 1.165) is 75.1 Å². The average Bonchev–Trinajstić information content (AvgIpc) is 4.03. The van der Waals surface area contributed by atoms with Gasteiger partial charge in [0.2, 0.25) is 23.3 Å². The monoisotopic (exact) mass is 976 g/mol. The maximum absolute atomic E-state index is 14.6. The van der Waals surface area contributed by atoms with Crippen LogP contribution < -0.4 is 9.47 Å². The second-order valence-electron chi connectivity index (χ2n) is 17.1. The molecule has 0 N–H and O–H groups in total. The molecule has 0 saturated carbocycles. The Morgan fingerprint density at radius 2 is 0.939 bits per heavy atom. The van der Waals surface area contributed by atoms with Crippen LogP contribution in [0, 0.1) is 0 Å². The van der Waals surface area contributed by atoms with Gasteiger partial charge in [-0.1, -0.05) is 82.8 Å². The number of amides is 2. The van der Waals surface area contributed by atoms with Crippen LogP contribution in [0.15, 0.2) is 84.9 Å². The number of methoxy groups -OCH3 is 2. The molecule has 2 unspecified atom stereocenters. The first-order valence-electron chi connectivity index (χ1n) is 22.2. The van der Waals surface area contributed by atoms with Crippen LogP contribution in [-0.4, -0.2) is 110 Å². The van der Waals surface area contributed by atoms with Crippen LogP contribution in [0.4, 0.5) is 0 Å². The van der Waals surface area contributed by atoms with E-state index in [1.54, 1.807) is 60.4 Å². The molecular weight excluding hydrogens is 926 g/mol. The Morgan fingerprint density at radius 1 is 0.545 bits per heavy atom. The van der Waals surface area contributed by atoms with E-state index >= 15 is 0 Å². The molecule has 348 valence electrons. The zero-order valence-electron chi connectivity index (χ0n) is 37.0. The molecule has 4 aromatic carbocycles. The summed E-state index contributed by atoms with van der Waals surface area (Å²) >= 11 is 25.2. The highest BCUT2D eigenvalue weighted by Gasteiger charge is 2.52. The Hall–Kier alpha value is -4.82. The summed E-state index contributed by atoms with van der Waals surface area (Å²) in [6.07, 6.45) is 6.65. The fourth-order valence-electron chi connectivity index (χ4n) is 10.0. The van der Waals surface area contributed by atoms with Crippen LogP contribution in [0.5, 0.6) is 11.5 Å². The van der Waals surface area contributed by atoms with Crippen molar-refractivity contribution < 1.29 is 38.1 Å². The number of hydrogen-bond acceptors (Lipinski definition) is 10. The van der Waals surface area contributed by atoms with Gasteiger partial charge in [-0.05, 0) is 112 Å². The van der Waals surface area contributed by atoms with E-state index in [1.165, 1.54) is 0 Å². The third kappa shape index (κ3) is 9.91. The lowest BCUT2D eigenvalue weighted by Crippen LogP contribution is -2.61. The van der Waals surface area contributed by atoms with Crippen molar-refractivity contribution in [3.8, 4) is 11.5 Å². The smallest absolute Gasteiger partial charge is 0.333 e. The normalized spacial score (nSPS) is 20.8. The molecule has 8 rings (SSSR count). The highest BCUT2D eigenvalue weighted by Crippen LogP contribution is 2.44. The first-order valence-corrected chi connectivity index (χ1v) is 23.8. The topological polar surface area (TPSA) is 118 Å². The van der Waals surface area contributed by atoms with Crippen LogP contribution in [0.1, 0.15) is 59.1 Å². The summed E-state index contributed by atoms with van der Waals surface area (Å²) in [5.74, 6) is -1.12. The summed E-state index contributed by atoms with van der Waals surface area (Å²) in [4.78, 5) is 65.8. The highest BCUT2D eigenvalue weighted by atomic mass is 35.5. The molecule has 16 heteroatoms. The van der Waals surface area contributed by atoms with Crippen LogP contribution in [0.3, 0.4) is 0 Å². The van der Waals surface area contributed by atoms with Crippen LogP contribution in [0.2, 0.25) is 20.1 Å². The van der Waals surface area contributed by atoms with Gasteiger partial charge in [0.15, 0.2) is 0 Å². The van der Waals surface area contributed by atoms with E-state index in [9.17, 15) is 19.2 Å². The number of esters is 2. The summed E-state index contributed by atoms with van der Waals surface area (Å²) in [7, 11) is 3.17. The Labute approximate surface area is 405 Å². The SMILES string of the molecule is COc1cccc2c1CCN(C(=O)Cc1ccc(Cl)c(Cl)c1)C2(CN1CCCC1)OC(=O)/C=C\C(=O)OC1(CN2CCCC2)c2cccc(OC)c2CCN1C(=O)Cc1ccc(Cl)c(Cl)c1. The predicted molar refractivity (Wildman–Crippen MR) is 253 cm³/mol. The van der Waals surface area contributed by atoms with E-state index < -0.39 is 23.4 Å². The lowest BCUT2D eigenvalue weighted by atomic mass is 9.87. The summed E-state index contributed by atoms with van der Waals surface area (Å²) in [6.45, 7) is 3.74. The molecule has 4 aliphatic heterocycles. The molecular formula is C50H52Cl4N4O8. The van der Waals surface area contributed by atoms with Crippen LogP contribution >= 0.6 is 46.4 Å². The van der Waals surface area contributed by atoms with Crippen molar-refractivity contribution >= 4 is 70.2 Å². The van der Waals surface area contributed by atoms with Crippen molar-refractivity contribution in [2.45, 2.75) is 62.8 Å². The highest BCUT2D eigenvalue weighted by molar-refractivity contribution is 6.42. The minimum atomic E-state index is -1.62. The number of ether oxygens (including phenoxy) is 4. The molecule has 0 aromatic heterocycles. The molecule has 0 radical (unpaired) electrons. The number of halogens is 4. The first-order chi connectivity index (χ1) is 31.8. The minimum absolute atomic E-state index is 0.0384. The van der Waals surface area contributed by atoms with Crippen molar-refractivity contribution in [1.82, 2.24) is 19.6 Å². The minimum Gasteiger partial charge on any atom is -0.496 e. The fraction of sp³-hybridized carbons (Fsp3) is 0.400. The zero-order valence-corrected chi connectivity index (χ0v) is 40.0. The molecule has 0 aliphatic carbocycles. The maximum Gasteiger partial charge on any atom is 0.333 e. The van der Waals surface area contributed by atoms with Crippen molar-refractivity contribution in [1.29, 1.82) is 0 Å². The first kappa shape index (κ1) is 47.7. The Bertz CT molecular complexity index is 2360. The second-order valence-corrected chi connectivity index (χ2v) is 18.8. The van der Waals surface area contributed by atoms with Crippen molar-refractivity contribution in [2.75, 3.05) is 66.6 Å². The molecule has 4 aromatic rings. The zero-order chi connectivity index (χ0) is 46.6. The van der Waals surface area contributed by atoms with E-state index in [4.69, 9.17) is 65.4 Å². The average molecular weight is 979 g/mol. The third-order valence-corrected chi connectivity index (χ3v) is 14.5. The third-order valence-electron chi connectivity index (χ3n) is 13.0. The van der Waals surface area contributed by atoms with Gasteiger partial charge in [-0.25, -0.2) is 9.59 Å². The lowest BCUT2D eigenvalue weighted by molar-refractivity contribution is -0.199. The van der Waals surface area contributed by atoms with Gasteiger partial charge >= 0.3 is 11.9 Å². The van der Waals surface area contributed by atoms with E-state index in [1.807, 2.05) is 36.4 Å². The van der Waals surface area contributed by atoms with Crippen molar-refractivity contribution in [3.63, 3.8) is 0 Å². The predicted octanol–water partition coefficient (Wildman–Crippen LogP) is 8.41. The fourth-order valence-corrected chi connectivity index (χ4v) is 10.6. The van der Waals surface area contributed by atoms with Gasteiger partial charge in [0.1, 0.15) is 11.5 Å². The van der Waals surface area contributed by atoms with Crippen molar-refractivity contribution in [3.05, 3.63) is 138 Å². The van der Waals surface area contributed by atoms with E-state index in [-0.39, 0.29) is 50.8 Å². The molecule has 2 saturated heterocycles. The molecule has 0 bridgehead atoms. The summed E-state index contributed by atoms with van der Waals surface area (Å²) in [5.41, 5.74) is 0.905. The summed E-state index contributed by atoms with van der Waals surface area (Å²) < 4.78 is 24.8. The van der Waals surface area contributed by atoms with Crippen LogP contribution in [-0.2, 0) is 65.8 Å². The number of benzene rings is 4. The molecule has 12 nitrogen and oxygen atoms in total. The van der Waals surface area contributed by atoms with Crippen LogP contribution in [0.25, 0.3) is 0 Å². The Morgan fingerprint density at radius 3 is 1.30 bits per heavy atom. The molecule has 2 atom stereocenters. The standard InChI is InChI=1S/C50H52Cl4N4O8/c1-63-43-11-7-9-37-35(43)19-25-57(45(59)29-33-13-15-39(51)41(53)27-33)49(37,31-55-21-3-4-22-55)65-47(61)17-18-48(62)66-50(32-56-23-5-6-24-56)38-10-8-12-44(64-2)36(38)20-26-58(50)46(60)30-34-14-16-40(52)42(54)28-34/h7-18,27-28H,3-6,19-26,29-32H2,1-2H3/b18-17-. The Balaban J connectivity index is 1.15. The maximum atomic E-state index is 14.6. The largest absolute Gasteiger partial charge is 0.496 e. The second kappa shape index (κ2) is 20.6. The molecule has 66 heavy (non-hydrogen) atoms. The number of carbonyl (C=O) groups excluding carboxylic acids is 4. The van der Waals surface area contributed by atoms with Gasteiger partial charge in [0.05, 0.1) is 60.2 Å². The quantitative estimate of drug-likeness (QED) is 0.0901. The molecule has 2 amide bonds. The molecule has 4 aliphatic rings. The van der Waals surface area contributed by atoms with Gasteiger partial charge in [0.25, 0.3) is 0 Å². The van der Waals surface area contributed by atoms with E-state index in [2.05, 4.69) is 9.80 Å². The van der Waals surface area contributed by atoms with Gasteiger partial charge in [-0.3, -0.25) is 29.2 Å². The molecule has 0 spiro atoms. The number of rotatable bonds is 14. The van der Waals surface area contributed by atoms with Gasteiger partial charge in [0, 0.05) is 47.5 Å². The van der Waals surface area contributed by atoms with Crippen molar-refractivity contribution in [2.24, 2.45) is 0 Å². The number of hydrogen-bond donors (Lipinski definition) is 0. The summed E-state index contributed by atoms with van der Waals surface area (Å²) in [5, 5.41) is 1.37. The number of nitrogens with zero attached hydrogens (tertiary/aromatic N) is 4. The van der Waals surface area contributed by atoms with Gasteiger partial charge in [-0.15, -0.1) is 0 Å². The molecule has 4 heterocycles. The Kier molecular flexibility index (Phi) is 14.9.